The normalized spacial score (nSPS) is 14.8. The molecular formula is C12H19NO3. The van der Waals surface area contributed by atoms with Gasteiger partial charge in [-0.05, 0) is 19.1 Å². The van der Waals surface area contributed by atoms with Crippen molar-refractivity contribution in [2.45, 2.75) is 18.9 Å². The first kappa shape index (κ1) is 13.0. The lowest BCUT2D eigenvalue weighted by Crippen LogP contribution is -2.50. The molecule has 0 aliphatic rings. The zero-order chi connectivity index (χ0) is 12.0. The van der Waals surface area contributed by atoms with E-state index in [9.17, 15) is 0 Å². The average Bonchev–Trinajstić information content (AvgIpc) is 2.32. The molecule has 0 radical (unpaired) electrons. The fourth-order valence-electron chi connectivity index (χ4n) is 1.56. The van der Waals surface area contributed by atoms with Crippen molar-refractivity contribution < 1.29 is 14.2 Å². The highest BCUT2D eigenvalue weighted by Gasteiger charge is 2.34. The van der Waals surface area contributed by atoms with E-state index in [1.807, 2.05) is 37.3 Å². The topological polar surface area (TPSA) is 39.7 Å². The molecule has 1 aromatic carbocycles. The van der Waals surface area contributed by atoms with Crippen LogP contribution >= 0.6 is 0 Å². The summed E-state index contributed by atoms with van der Waals surface area (Å²) >= 11 is 0. The summed E-state index contributed by atoms with van der Waals surface area (Å²) in [6.45, 7) is 1.87. The van der Waals surface area contributed by atoms with Crippen LogP contribution in [0.15, 0.2) is 30.3 Å². The summed E-state index contributed by atoms with van der Waals surface area (Å²) in [5.41, 5.74) is 0.219. The van der Waals surface area contributed by atoms with E-state index >= 15 is 0 Å². The number of nitrogens with one attached hydrogen (secondary N) is 1. The second-order valence-corrected chi connectivity index (χ2v) is 3.61. The molecule has 0 aliphatic heterocycles. The lowest BCUT2D eigenvalue weighted by Gasteiger charge is -2.35. The van der Waals surface area contributed by atoms with Gasteiger partial charge in [-0.1, -0.05) is 18.2 Å². The summed E-state index contributed by atoms with van der Waals surface area (Å²) in [7, 11) is 4.78. The van der Waals surface area contributed by atoms with Crippen molar-refractivity contribution in [3.8, 4) is 0 Å². The number of methoxy groups -OCH3 is 3. The first-order valence-electron chi connectivity index (χ1n) is 5.10. The summed E-state index contributed by atoms with van der Waals surface area (Å²) in [6, 6.07) is 9.78. The molecular weight excluding hydrogens is 206 g/mol. The van der Waals surface area contributed by atoms with Gasteiger partial charge in [-0.2, -0.15) is 0 Å². The van der Waals surface area contributed by atoms with Crippen molar-refractivity contribution in [1.82, 2.24) is 0 Å². The Hall–Kier alpha value is -1.10. The number of rotatable bonds is 6. The summed E-state index contributed by atoms with van der Waals surface area (Å²) in [5.74, 6) is 0. The highest BCUT2D eigenvalue weighted by Crippen LogP contribution is 2.21. The van der Waals surface area contributed by atoms with Gasteiger partial charge in [0.15, 0.2) is 5.72 Å². The van der Waals surface area contributed by atoms with E-state index in [4.69, 9.17) is 14.2 Å². The molecule has 1 N–H and O–H groups in total. The molecule has 1 rings (SSSR count). The monoisotopic (exact) mass is 225 g/mol. The molecule has 1 atom stereocenters. The maximum Gasteiger partial charge on any atom is 0.205 e. The largest absolute Gasteiger partial charge is 0.354 e. The van der Waals surface area contributed by atoms with Gasteiger partial charge in [0, 0.05) is 27.0 Å². The van der Waals surface area contributed by atoms with Crippen LogP contribution in [-0.2, 0) is 14.2 Å². The molecule has 0 bridgehead atoms. The Morgan fingerprint density at radius 2 is 1.62 bits per heavy atom. The zero-order valence-electron chi connectivity index (χ0n) is 10.2. The van der Waals surface area contributed by atoms with Gasteiger partial charge < -0.3 is 19.5 Å². The molecule has 1 unspecified atom stereocenters. The number of ether oxygens (including phenoxy) is 3. The molecule has 0 heterocycles. The summed E-state index contributed by atoms with van der Waals surface area (Å²) < 4.78 is 15.9. The highest BCUT2D eigenvalue weighted by atomic mass is 16.7. The lowest BCUT2D eigenvalue weighted by atomic mass is 10.2. The van der Waals surface area contributed by atoms with Gasteiger partial charge in [-0.25, -0.2) is 0 Å². The predicted molar refractivity (Wildman–Crippen MR) is 63.3 cm³/mol. The molecule has 0 amide bonds. The van der Waals surface area contributed by atoms with Crippen LogP contribution in [0, 0.1) is 0 Å². The molecule has 90 valence electrons. The van der Waals surface area contributed by atoms with Gasteiger partial charge >= 0.3 is 0 Å². The number of hydrogen-bond acceptors (Lipinski definition) is 4. The van der Waals surface area contributed by atoms with E-state index in [2.05, 4.69) is 5.32 Å². The van der Waals surface area contributed by atoms with Gasteiger partial charge in [0.1, 0.15) is 0 Å². The second-order valence-electron chi connectivity index (χ2n) is 3.61. The van der Waals surface area contributed by atoms with Gasteiger partial charge in [0.25, 0.3) is 0 Å². The Kier molecular flexibility index (Phi) is 4.73. The van der Waals surface area contributed by atoms with Crippen molar-refractivity contribution in [2.24, 2.45) is 0 Å². The van der Waals surface area contributed by atoms with Crippen molar-refractivity contribution in [2.75, 3.05) is 26.6 Å². The number of benzene rings is 1. The SMILES string of the molecule is COC(OC)C(C)(Nc1ccccc1)OC. The van der Waals surface area contributed by atoms with Gasteiger partial charge in [0.2, 0.25) is 6.29 Å². The quantitative estimate of drug-likeness (QED) is 0.752. The molecule has 4 nitrogen and oxygen atoms in total. The van der Waals surface area contributed by atoms with E-state index in [1.165, 1.54) is 0 Å². The highest BCUT2D eigenvalue weighted by molar-refractivity contribution is 5.44. The first-order chi connectivity index (χ1) is 7.66. The molecule has 16 heavy (non-hydrogen) atoms. The predicted octanol–water partition coefficient (Wildman–Crippen LogP) is 2.08. The number of hydrogen-bond donors (Lipinski definition) is 1. The van der Waals surface area contributed by atoms with Crippen LogP contribution < -0.4 is 5.32 Å². The summed E-state index contributed by atoms with van der Waals surface area (Å²) in [5, 5.41) is 3.23. The zero-order valence-corrected chi connectivity index (χ0v) is 10.2. The van der Waals surface area contributed by atoms with Crippen molar-refractivity contribution in [3.63, 3.8) is 0 Å². The molecule has 0 saturated heterocycles. The Morgan fingerprint density at radius 1 is 1.06 bits per heavy atom. The molecule has 0 spiro atoms. The number of para-hydroxylation sites is 1. The Balaban J connectivity index is 2.81. The van der Waals surface area contributed by atoms with Gasteiger partial charge in [-0.3, -0.25) is 0 Å². The van der Waals surface area contributed by atoms with E-state index < -0.39 is 12.0 Å². The standard InChI is InChI=1S/C12H19NO3/c1-12(16-4,11(14-2)15-3)13-10-8-6-5-7-9-10/h5-9,11,13H,1-4H3. The smallest absolute Gasteiger partial charge is 0.205 e. The molecule has 4 heteroatoms. The lowest BCUT2D eigenvalue weighted by molar-refractivity contribution is -0.207. The molecule has 0 aromatic heterocycles. The van der Waals surface area contributed by atoms with Crippen molar-refractivity contribution in [3.05, 3.63) is 30.3 Å². The Bertz CT molecular complexity index is 300. The van der Waals surface area contributed by atoms with Crippen molar-refractivity contribution >= 4 is 5.69 Å². The van der Waals surface area contributed by atoms with Crippen LogP contribution in [0.3, 0.4) is 0 Å². The third kappa shape index (κ3) is 2.95. The Morgan fingerprint density at radius 3 is 2.06 bits per heavy atom. The van der Waals surface area contributed by atoms with E-state index in [1.54, 1.807) is 21.3 Å². The molecule has 1 aromatic rings. The first-order valence-corrected chi connectivity index (χ1v) is 5.10. The fraction of sp³-hybridized carbons (Fsp3) is 0.500. The van der Waals surface area contributed by atoms with E-state index in [0.717, 1.165) is 5.69 Å². The molecule has 0 aliphatic carbocycles. The Labute approximate surface area is 96.5 Å². The summed E-state index contributed by atoms with van der Waals surface area (Å²) in [4.78, 5) is 0. The number of anilines is 1. The van der Waals surface area contributed by atoms with Crippen LogP contribution in [-0.4, -0.2) is 33.3 Å². The third-order valence-corrected chi connectivity index (χ3v) is 2.47. The van der Waals surface area contributed by atoms with E-state index in [0.29, 0.717) is 0 Å². The van der Waals surface area contributed by atoms with Crippen LogP contribution in [0.5, 0.6) is 0 Å². The average molecular weight is 225 g/mol. The van der Waals surface area contributed by atoms with Crippen LogP contribution in [0.2, 0.25) is 0 Å². The van der Waals surface area contributed by atoms with E-state index in [-0.39, 0.29) is 0 Å². The maximum atomic E-state index is 5.42. The third-order valence-electron chi connectivity index (χ3n) is 2.47. The van der Waals surface area contributed by atoms with Crippen LogP contribution in [0.1, 0.15) is 6.92 Å². The summed E-state index contributed by atoms with van der Waals surface area (Å²) in [6.07, 6.45) is -0.488. The minimum Gasteiger partial charge on any atom is -0.354 e. The molecule has 0 saturated carbocycles. The second kappa shape index (κ2) is 5.84. The molecule has 0 fully saturated rings. The maximum absolute atomic E-state index is 5.42. The van der Waals surface area contributed by atoms with Crippen LogP contribution in [0.4, 0.5) is 5.69 Å². The van der Waals surface area contributed by atoms with Crippen molar-refractivity contribution in [1.29, 1.82) is 0 Å². The fourth-order valence-corrected chi connectivity index (χ4v) is 1.56. The van der Waals surface area contributed by atoms with Gasteiger partial charge in [0.05, 0.1) is 0 Å². The minimum absolute atomic E-state index is 0.488. The van der Waals surface area contributed by atoms with Gasteiger partial charge in [-0.15, -0.1) is 0 Å². The minimum atomic E-state index is -0.731. The van der Waals surface area contributed by atoms with Crippen LogP contribution in [0.25, 0.3) is 0 Å².